The minimum absolute atomic E-state index is 0.126. The number of aliphatic hydroxyl groups is 6. The van der Waals surface area contributed by atoms with Crippen LogP contribution in [0, 0.1) is 11.8 Å². The molecule has 0 aliphatic carbocycles. The zero-order chi connectivity index (χ0) is 27.0. The molecule has 0 saturated carbocycles. The smallest absolute Gasteiger partial charge is 0.364 e. The molecule has 12 heteroatoms. The number of carbonyl (C=O) groups is 1. The molecule has 11 atom stereocenters. The van der Waals surface area contributed by atoms with Crippen molar-refractivity contribution in [3.05, 3.63) is 12.7 Å². The number of hydrogen-bond acceptors (Lipinski definition) is 11. The summed E-state index contributed by atoms with van der Waals surface area (Å²) in [6, 6.07) is 0. The summed E-state index contributed by atoms with van der Waals surface area (Å²) in [6.45, 7) is 6.10. The third-order valence-electron chi connectivity index (χ3n) is 6.90. The maximum absolute atomic E-state index is 12.3. The summed E-state index contributed by atoms with van der Waals surface area (Å²) in [5.41, 5.74) is 0. The number of aliphatic carboxylic acids is 1. The molecule has 7 N–H and O–H groups in total. The van der Waals surface area contributed by atoms with Gasteiger partial charge in [-0.1, -0.05) is 32.8 Å². The minimum Gasteiger partial charge on any atom is -0.477 e. The van der Waals surface area contributed by atoms with Gasteiger partial charge in [0.2, 0.25) is 0 Å². The minimum atomic E-state index is -2.45. The van der Waals surface area contributed by atoms with Crippen LogP contribution < -0.4 is 0 Å². The fourth-order valence-electron chi connectivity index (χ4n) is 4.94. The average molecular weight is 523 g/mol. The van der Waals surface area contributed by atoms with E-state index in [0.29, 0.717) is 25.7 Å². The van der Waals surface area contributed by atoms with Crippen molar-refractivity contribution < 1.29 is 59.5 Å². The van der Waals surface area contributed by atoms with Crippen molar-refractivity contribution >= 4 is 5.97 Å². The van der Waals surface area contributed by atoms with E-state index in [1.165, 1.54) is 6.08 Å². The number of rotatable bonds is 14. The molecule has 210 valence electrons. The fourth-order valence-corrected chi connectivity index (χ4v) is 4.94. The normalized spacial score (nSPS) is 38.9. The van der Waals surface area contributed by atoms with Crippen LogP contribution in [0.1, 0.15) is 46.0 Å². The lowest BCUT2D eigenvalue weighted by atomic mass is 9.80. The molecule has 2 fully saturated rings. The first-order chi connectivity index (χ1) is 17.1. The van der Waals surface area contributed by atoms with Crippen molar-refractivity contribution in [2.75, 3.05) is 19.8 Å². The quantitative estimate of drug-likeness (QED) is 0.140. The van der Waals surface area contributed by atoms with Crippen molar-refractivity contribution in [3.63, 3.8) is 0 Å². The first-order valence-corrected chi connectivity index (χ1v) is 12.5. The number of aliphatic hydroxyl groups excluding tert-OH is 6. The maximum Gasteiger partial charge on any atom is 0.364 e. The predicted octanol–water partition coefficient (Wildman–Crippen LogP) is -0.870. The molecule has 0 aromatic rings. The van der Waals surface area contributed by atoms with E-state index in [1.54, 1.807) is 0 Å². The second-order valence-electron chi connectivity index (χ2n) is 9.51. The molecule has 2 aliphatic heterocycles. The lowest BCUT2D eigenvalue weighted by Crippen LogP contribution is -2.63. The summed E-state index contributed by atoms with van der Waals surface area (Å²) in [4.78, 5) is 12.3. The Kier molecular flexibility index (Phi) is 12.2. The summed E-state index contributed by atoms with van der Waals surface area (Å²) in [5.74, 6) is -5.30. The highest BCUT2D eigenvalue weighted by Gasteiger charge is 2.56. The van der Waals surface area contributed by atoms with Gasteiger partial charge in [0.05, 0.1) is 38.1 Å². The molecule has 0 aromatic heterocycles. The molecule has 3 unspecified atom stereocenters. The van der Waals surface area contributed by atoms with Crippen LogP contribution in [0.25, 0.3) is 0 Å². The highest BCUT2D eigenvalue weighted by molar-refractivity contribution is 5.76. The Morgan fingerprint density at radius 3 is 2.33 bits per heavy atom. The Bertz CT molecular complexity index is 692. The molecule has 36 heavy (non-hydrogen) atoms. The van der Waals surface area contributed by atoms with Crippen LogP contribution in [0.4, 0.5) is 0 Å². The van der Waals surface area contributed by atoms with Crippen LogP contribution in [-0.2, 0) is 23.7 Å². The zero-order valence-corrected chi connectivity index (χ0v) is 20.9. The molecule has 2 aliphatic rings. The second-order valence-corrected chi connectivity index (χ2v) is 9.51. The van der Waals surface area contributed by atoms with Crippen LogP contribution in [0.5, 0.6) is 0 Å². The molecule has 0 aromatic carbocycles. The topological polar surface area (TPSA) is 196 Å². The van der Waals surface area contributed by atoms with Crippen LogP contribution in [0.15, 0.2) is 12.7 Å². The van der Waals surface area contributed by atoms with Gasteiger partial charge in [0, 0.05) is 18.3 Å². The summed E-state index contributed by atoms with van der Waals surface area (Å²) in [5, 5.41) is 71.9. The lowest BCUT2D eigenvalue weighted by Gasteiger charge is -2.48. The molecular formula is C24H42O12. The molecule has 0 amide bonds. The van der Waals surface area contributed by atoms with E-state index in [-0.39, 0.29) is 6.61 Å². The van der Waals surface area contributed by atoms with Crippen LogP contribution in [0.2, 0.25) is 0 Å². The summed E-state index contributed by atoms with van der Waals surface area (Å²) >= 11 is 0. The van der Waals surface area contributed by atoms with Crippen molar-refractivity contribution in [3.8, 4) is 0 Å². The third kappa shape index (κ3) is 7.01. The van der Waals surface area contributed by atoms with Gasteiger partial charge in [-0.2, -0.15) is 0 Å². The highest BCUT2D eigenvalue weighted by Crippen LogP contribution is 2.39. The third-order valence-corrected chi connectivity index (χ3v) is 6.90. The Hall–Kier alpha value is -1.19. The van der Waals surface area contributed by atoms with Gasteiger partial charge >= 0.3 is 5.97 Å². The number of carboxylic acid groups (broad SMARTS) is 1. The molecule has 12 nitrogen and oxygen atoms in total. The summed E-state index contributed by atoms with van der Waals surface area (Å²) in [7, 11) is 0. The average Bonchev–Trinajstić information content (AvgIpc) is 2.86. The van der Waals surface area contributed by atoms with E-state index >= 15 is 0 Å². The van der Waals surface area contributed by atoms with E-state index in [0.717, 1.165) is 0 Å². The Morgan fingerprint density at radius 1 is 1.14 bits per heavy atom. The Balaban J connectivity index is 2.26. The van der Waals surface area contributed by atoms with Crippen molar-refractivity contribution in [1.29, 1.82) is 0 Å². The zero-order valence-electron chi connectivity index (χ0n) is 20.9. The Labute approximate surface area is 211 Å². The van der Waals surface area contributed by atoms with Crippen LogP contribution in [0.3, 0.4) is 0 Å². The molecule has 0 radical (unpaired) electrons. The van der Waals surface area contributed by atoms with E-state index in [4.69, 9.17) is 18.9 Å². The molecule has 0 bridgehead atoms. The van der Waals surface area contributed by atoms with Crippen molar-refractivity contribution in [1.82, 2.24) is 0 Å². The van der Waals surface area contributed by atoms with Gasteiger partial charge in [0.15, 0.2) is 6.29 Å². The van der Waals surface area contributed by atoms with E-state index in [2.05, 4.69) is 6.58 Å². The lowest BCUT2D eigenvalue weighted by molar-refractivity contribution is -0.339. The van der Waals surface area contributed by atoms with Crippen molar-refractivity contribution in [2.45, 2.75) is 101 Å². The maximum atomic E-state index is 12.3. The monoisotopic (exact) mass is 522 g/mol. The Morgan fingerprint density at radius 2 is 1.78 bits per heavy atom. The van der Waals surface area contributed by atoms with Gasteiger partial charge in [-0.3, -0.25) is 0 Å². The van der Waals surface area contributed by atoms with Gasteiger partial charge in [-0.25, -0.2) is 4.79 Å². The van der Waals surface area contributed by atoms with Gasteiger partial charge in [0.25, 0.3) is 5.79 Å². The molecule has 0 spiro atoms. The first kappa shape index (κ1) is 31.0. The molecule has 2 saturated heterocycles. The molecule has 2 heterocycles. The SMILES string of the molecule is C=CCO[C@H]1OC(CO[C@]2(C(=O)O)C[C@@H](O)[C@@H](CCC)C([C@H](O)[C@H](O)CO)O2)[C@H](O)[C@H](O)C1CCC. The highest BCUT2D eigenvalue weighted by atomic mass is 16.7. The van der Waals surface area contributed by atoms with Gasteiger partial charge < -0.3 is 54.7 Å². The van der Waals surface area contributed by atoms with E-state index in [9.17, 15) is 40.5 Å². The van der Waals surface area contributed by atoms with Gasteiger partial charge in [-0.05, 0) is 12.8 Å². The van der Waals surface area contributed by atoms with Crippen LogP contribution in [-0.4, -0.2) is 116 Å². The first-order valence-electron chi connectivity index (χ1n) is 12.5. The summed E-state index contributed by atoms with van der Waals surface area (Å²) < 4.78 is 22.8. The van der Waals surface area contributed by atoms with Gasteiger partial charge in [-0.15, -0.1) is 6.58 Å². The molecular weight excluding hydrogens is 480 g/mol. The number of carboxylic acids is 1. The predicted molar refractivity (Wildman–Crippen MR) is 125 cm³/mol. The fraction of sp³-hybridized carbons (Fsp3) is 0.875. The van der Waals surface area contributed by atoms with E-state index < -0.39 is 92.2 Å². The number of hydrogen-bond donors (Lipinski definition) is 7. The van der Waals surface area contributed by atoms with Crippen molar-refractivity contribution in [2.24, 2.45) is 11.8 Å². The standard InChI is InChI=1S/C24H42O12/c1-4-7-13-15(26)10-24(23(31)32,36-21(13)19(29)16(27)11-25)34-12-17-20(30)18(28)14(8-5-2)22(35-17)33-9-6-3/h6,13-22,25-30H,3-5,7-12H2,1-2H3,(H,31,32)/t13-,14?,15-,16-,17?,18-,19-,20+,21?,22+,24-/m1/s1. The molecule has 2 rings (SSSR count). The largest absolute Gasteiger partial charge is 0.477 e. The second kappa shape index (κ2) is 14.1. The van der Waals surface area contributed by atoms with Crippen LogP contribution >= 0.6 is 0 Å². The number of ether oxygens (including phenoxy) is 4. The van der Waals surface area contributed by atoms with E-state index in [1.807, 2.05) is 13.8 Å². The van der Waals surface area contributed by atoms with Gasteiger partial charge in [0.1, 0.15) is 24.4 Å². The summed E-state index contributed by atoms with van der Waals surface area (Å²) in [6.07, 6.45) is -7.59.